The summed E-state index contributed by atoms with van der Waals surface area (Å²) in [4.78, 5) is 2.23. The number of hydrogen-bond donors (Lipinski definition) is 0. The van der Waals surface area contributed by atoms with Gasteiger partial charge in [0.15, 0.2) is 5.79 Å². The quantitative estimate of drug-likeness (QED) is 0.0494. The summed E-state index contributed by atoms with van der Waals surface area (Å²) in [6, 6.07) is 0. The molecule has 0 N–H and O–H groups in total. The highest BCUT2D eigenvalue weighted by molar-refractivity contribution is 5.03. The van der Waals surface area contributed by atoms with Crippen molar-refractivity contribution in [1.82, 2.24) is 4.90 Å². The summed E-state index contributed by atoms with van der Waals surface area (Å²) in [5.74, 6) is -0.424. The Bertz CT molecular complexity index is 1140. The first kappa shape index (κ1) is 48.8. The van der Waals surface area contributed by atoms with Gasteiger partial charge >= 0.3 is 0 Å². The molecule has 0 aromatic heterocycles. The molecule has 3 heteroatoms. The van der Waals surface area contributed by atoms with E-state index in [0.29, 0.717) is 6.61 Å². The van der Waals surface area contributed by atoms with Crippen molar-refractivity contribution in [3.63, 3.8) is 0 Å². The topological polar surface area (TPSA) is 21.7 Å². The van der Waals surface area contributed by atoms with Gasteiger partial charge in [0.2, 0.25) is 0 Å². The van der Waals surface area contributed by atoms with Gasteiger partial charge in [-0.1, -0.05) is 160 Å². The molecule has 0 saturated carbocycles. The molecule has 1 heterocycles. The van der Waals surface area contributed by atoms with Crippen LogP contribution in [-0.2, 0) is 9.47 Å². The highest BCUT2D eigenvalue weighted by Gasteiger charge is 2.40. The fraction of sp³-hybridized carbons (Fsp3) is 0.529. The standard InChI is InChI=1S/C51H79NO2/c1-5-7-9-11-13-15-17-19-21-23-25-27-29-31-33-35-37-39-41-43-46-51(53-49-50(54-51)45-48-52(3)4)47-44-42-40-38-36-34-32-30-28-26-24-22-20-18-16-14-12-10-8-6-2/h7-10,13-16,19-22,25-28,31-34,37-40,50H,5-6,11-12,17-18,23-24,29-30,35-36,41-49H2,1-4H3. The van der Waals surface area contributed by atoms with Crippen molar-refractivity contribution < 1.29 is 9.47 Å². The molecule has 1 atom stereocenters. The Morgan fingerprint density at radius 3 is 1.04 bits per heavy atom. The van der Waals surface area contributed by atoms with Gasteiger partial charge in [-0.05, 0) is 123 Å². The zero-order valence-electron chi connectivity index (χ0n) is 35.0. The van der Waals surface area contributed by atoms with Gasteiger partial charge in [0.1, 0.15) is 0 Å². The van der Waals surface area contributed by atoms with Gasteiger partial charge in [-0.15, -0.1) is 0 Å². The van der Waals surface area contributed by atoms with Crippen LogP contribution in [0.2, 0.25) is 0 Å². The molecular formula is C51H79NO2. The molecule has 54 heavy (non-hydrogen) atoms. The van der Waals surface area contributed by atoms with Crippen LogP contribution in [0.3, 0.4) is 0 Å². The van der Waals surface area contributed by atoms with E-state index in [1.54, 1.807) is 0 Å². The second-order valence-corrected chi connectivity index (χ2v) is 14.2. The molecule has 1 fully saturated rings. The fourth-order valence-corrected chi connectivity index (χ4v) is 5.81. The van der Waals surface area contributed by atoms with E-state index in [9.17, 15) is 0 Å². The number of rotatable bonds is 33. The van der Waals surface area contributed by atoms with E-state index in [4.69, 9.17) is 9.47 Å². The maximum Gasteiger partial charge on any atom is 0.168 e. The van der Waals surface area contributed by atoms with E-state index in [1.165, 1.54) is 0 Å². The normalized spacial score (nSPS) is 19.2. The molecule has 0 spiro atoms. The first-order valence-corrected chi connectivity index (χ1v) is 21.4. The van der Waals surface area contributed by atoms with Crippen molar-refractivity contribution >= 4 is 0 Å². The van der Waals surface area contributed by atoms with Crippen molar-refractivity contribution in [3.05, 3.63) is 146 Å². The minimum absolute atomic E-state index is 0.198. The number of nitrogens with zero attached hydrogens (tertiary/aromatic N) is 1. The summed E-state index contributed by atoms with van der Waals surface area (Å²) < 4.78 is 13.1. The zero-order chi connectivity index (χ0) is 38.9. The van der Waals surface area contributed by atoms with E-state index in [1.807, 2.05) is 0 Å². The lowest BCUT2D eigenvalue weighted by atomic mass is 10.0. The second-order valence-electron chi connectivity index (χ2n) is 14.2. The van der Waals surface area contributed by atoms with Gasteiger partial charge in [-0.25, -0.2) is 0 Å². The number of allylic oxidation sites excluding steroid dienone is 24. The van der Waals surface area contributed by atoms with Crippen LogP contribution >= 0.6 is 0 Å². The van der Waals surface area contributed by atoms with Crippen molar-refractivity contribution in [1.29, 1.82) is 0 Å². The highest BCUT2D eigenvalue weighted by atomic mass is 16.7. The first-order chi connectivity index (χ1) is 26.6. The molecule has 0 aliphatic carbocycles. The Balaban J connectivity index is 2.27. The zero-order valence-corrected chi connectivity index (χ0v) is 35.0. The number of hydrogen-bond acceptors (Lipinski definition) is 3. The molecule has 0 aromatic rings. The van der Waals surface area contributed by atoms with Gasteiger partial charge in [-0.2, -0.15) is 0 Å². The summed E-state index contributed by atoms with van der Waals surface area (Å²) in [5.41, 5.74) is 0. The molecule has 1 unspecified atom stereocenters. The van der Waals surface area contributed by atoms with Crippen LogP contribution in [0.5, 0.6) is 0 Å². The first-order valence-electron chi connectivity index (χ1n) is 21.4. The van der Waals surface area contributed by atoms with Crippen molar-refractivity contribution in [2.45, 2.75) is 148 Å². The van der Waals surface area contributed by atoms with Gasteiger partial charge in [0.05, 0.1) is 12.7 Å². The molecule has 0 aromatic carbocycles. The number of unbranched alkanes of at least 4 members (excludes halogenated alkanes) is 2. The molecule has 300 valence electrons. The van der Waals surface area contributed by atoms with E-state index in [0.717, 1.165) is 129 Å². The van der Waals surface area contributed by atoms with Gasteiger partial charge in [0, 0.05) is 19.4 Å². The Labute approximate surface area is 334 Å². The van der Waals surface area contributed by atoms with Gasteiger partial charge in [0.25, 0.3) is 0 Å². The monoisotopic (exact) mass is 738 g/mol. The van der Waals surface area contributed by atoms with Gasteiger partial charge in [-0.3, -0.25) is 0 Å². The second kappa shape index (κ2) is 38.1. The lowest BCUT2D eigenvalue weighted by Gasteiger charge is -2.28. The van der Waals surface area contributed by atoms with Crippen LogP contribution < -0.4 is 0 Å². The lowest BCUT2D eigenvalue weighted by Crippen LogP contribution is -2.31. The molecule has 0 radical (unpaired) electrons. The maximum absolute atomic E-state index is 6.63. The highest BCUT2D eigenvalue weighted by Crippen LogP contribution is 2.35. The van der Waals surface area contributed by atoms with Crippen LogP contribution in [0.15, 0.2) is 146 Å². The Morgan fingerprint density at radius 2 is 0.741 bits per heavy atom. The van der Waals surface area contributed by atoms with Crippen LogP contribution in [-0.4, -0.2) is 44.0 Å². The molecule has 1 aliphatic heterocycles. The van der Waals surface area contributed by atoms with Crippen molar-refractivity contribution in [2.75, 3.05) is 27.2 Å². The van der Waals surface area contributed by atoms with Crippen LogP contribution in [0.4, 0.5) is 0 Å². The number of ether oxygens (including phenoxy) is 2. The average molecular weight is 738 g/mol. The van der Waals surface area contributed by atoms with E-state index in [2.05, 4.69) is 179 Å². The summed E-state index contributed by atoms with van der Waals surface area (Å²) in [7, 11) is 4.25. The van der Waals surface area contributed by atoms with E-state index < -0.39 is 5.79 Å². The molecular weight excluding hydrogens is 659 g/mol. The molecule has 3 nitrogen and oxygen atoms in total. The summed E-state index contributed by atoms with van der Waals surface area (Å²) in [5, 5.41) is 0. The molecule has 1 saturated heterocycles. The smallest absolute Gasteiger partial charge is 0.168 e. The predicted molar refractivity (Wildman–Crippen MR) is 241 cm³/mol. The van der Waals surface area contributed by atoms with E-state index in [-0.39, 0.29) is 6.10 Å². The predicted octanol–water partition coefficient (Wildman–Crippen LogP) is 14.8. The minimum Gasteiger partial charge on any atom is -0.347 e. The molecule has 1 rings (SSSR count). The Kier molecular flexibility index (Phi) is 34.4. The third-order valence-electron chi connectivity index (χ3n) is 8.86. The fourth-order valence-electron chi connectivity index (χ4n) is 5.81. The molecule has 1 aliphatic rings. The van der Waals surface area contributed by atoms with Crippen molar-refractivity contribution in [2.24, 2.45) is 0 Å². The third-order valence-corrected chi connectivity index (χ3v) is 8.86. The Morgan fingerprint density at radius 1 is 0.444 bits per heavy atom. The summed E-state index contributed by atoms with van der Waals surface area (Å²) in [6.45, 7) is 6.08. The summed E-state index contributed by atoms with van der Waals surface area (Å²) >= 11 is 0. The van der Waals surface area contributed by atoms with Crippen LogP contribution in [0.1, 0.15) is 136 Å². The largest absolute Gasteiger partial charge is 0.347 e. The van der Waals surface area contributed by atoms with Crippen molar-refractivity contribution in [3.8, 4) is 0 Å². The third kappa shape index (κ3) is 32.2. The maximum atomic E-state index is 6.63. The van der Waals surface area contributed by atoms with Gasteiger partial charge < -0.3 is 14.4 Å². The molecule has 0 amide bonds. The molecule has 0 bridgehead atoms. The SMILES string of the molecule is CCC=CCC=CCC=CCC=CCC=CCC=CCCCC1(CCCC=CCC=CCC=CCC=CCC=CCC=CCC)OCC(CCN(C)C)O1. The Hall–Kier alpha value is -3.24. The van der Waals surface area contributed by atoms with E-state index >= 15 is 0 Å². The summed E-state index contributed by atoms with van der Waals surface area (Å²) in [6.07, 6.45) is 73.9. The lowest BCUT2D eigenvalue weighted by molar-refractivity contribution is -0.179. The average Bonchev–Trinajstić information content (AvgIpc) is 3.58. The van der Waals surface area contributed by atoms with Crippen LogP contribution in [0, 0.1) is 0 Å². The minimum atomic E-state index is -0.424. The van der Waals surface area contributed by atoms with Crippen LogP contribution in [0.25, 0.3) is 0 Å².